The van der Waals surface area contributed by atoms with Crippen LogP contribution in [0.25, 0.3) is 10.7 Å². The number of imidazole rings is 1. The molecule has 0 unspecified atom stereocenters. The molecule has 3 aromatic rings. The largest absolute Gasteiger partial charge is 0.338 e. The van der Waals surface area contributed by atoms with Crippen LogP contribution in [0.4, 0.5) is 0 Å². The molecule has 7 heteroatoms. The third-order valence-corrected chi connectivity index (χ3v) is 4.97. The van der Waals surface area contributed by atoms with Crippen LogP contribution in [-0.2, 0) is 20.5 Å². The van der Waals surface area contributed by atoms with Gasteiger partial charge in [-0.3, -0.25) is 0 Å². The van der Waals surface area contributed by atoms with Gasteiger partial charge in [-0.05, 0) is 17.9 Å². The van der Waals surface area contributed by atoms with Gasteiger partial charge in [0.2, 0.25) is 0 Å². The zero-order valence-electron chi connectivity index (χ0n) is 11.4. The zero-order valence-corrected chi connectivity index (χ0v) is 13.0. The van der Waals surface area contributed by atoms with E-state index in [1.807, 2.05) is 37.3 Å². The molecule has 20 heavy (non-hydrogen) atoms. The van der Waals surface area contributed by atoms with Crippen molar-refractivity contribution in [3.63, 3.8) is 0 Å². The first-order valence-corrected chi connectivity index (χ1v) is 8.13. The topological polar surface area (TPSA) is 48.5 Å². The summed E-state index contributed by atoms with van der Waals surface area (Å²) in [6.45, 7) is 0. The van der Waals surface area contributed by atoms with Gasteiger partial charge in [-0.15, -0.1) is 21.5 Å². The van der Waals surface area contributed by atoms with Crippen LogP contribution in [0.2, 0.25) is 0 Å². The van der Waals surface area contributed by atoms with Gasteiger partial charge in [-0.1, -0.05) is 17.8 Å². The minimum atomic E-state index is 0.933. The van der Waals surface area contributed by atoms with E-state index in [2.05, 4.69) is 31.2 Å². The molecule has 0 atom stereocenters. The number of aromatic nitrogens is 5. The van der Waals surface area contributed by atoms with E-state index in [0.29, 0.717) is 0 Å². The standard InChI is InChI=1S/C13H15N5S2/c1-17-9-14-8-10(17)5-7-20-13-16-15-12(18(13)2)11-4-3-6-19-11/h3-4,6,8-9H,5,7H2,1-2H3. The number of thiophene rings is 1. The molecule has 0 saturated heterocycles. The Labute approximate surface area is 125 Å². The molecular formula is C13H15N5S2. The molecule has 0 aliphatic carbocycles. The van der Waals surface area contributed by atoms with Gasteiger partial charge >= 0.3 is 0 Å². The van der Waals surface area contributed by atoms with Gasteiger partial charge < -0.3 is 9.13 Å². The Balaban J connectivity index is 1.65. The molecule has 3 aromatic heterocycles. The third-order valence-electron chi connectivity index (χ3n) is 3.08. The maximum Gasteiger partial charge on any atom is 0.191 e. The minimum absolute atomic E-state index is 0.933. The van der Waals surface area contributed by atoms with E-state index >= 15 is 0 Å². The Hall–Kier alpha value is -1.60. The van der Waals surface area contributed by atoms with Crippen LogP contribution in [0, 0.1) is 0 Å². The molecule has 3 rings (SSSR count). The first kappa shape index (κ1) is 13.4. The van der Waals surface area contributed by atoms with E-state index in [1.54, 1.807) is 23.1 Å². The molecule has 5 nitrogen and oxygen atoms in total. The molecular weight excluding hydrogens is 290 g/mol. The van der Waals surface area contributed by atoms with E-state index in [-0.39, 0.29) is 0 Å². The highest BCUT2D eigenvalue weighted by atomic mass is 32.2. The molecule has 0 radical (unpaired) electrons. The highest BCUT2D eigenvalue weighted by molar-refractivity contribution is 7.99. The molecule has 0 amide bonds. The second-order valence-corrected chi connectivity index (χ2v) is 6.45. The average molecular weight is 305 g/mol. The number of nitrogens with zero attached hydrogens (tertiary/aromatic N) is 5. The molecule has 0 bridgehead atoms. The fraction of sp³-hybridized carbons (Fsp3) is 0.308. The monoisotopic (exact) mass is 305 g/mol. The van der Waals surface area contributed by atoms with Gasteiger partial charge in [0.05, 0.1) is 11.2 Å². The summed E-state index contributed by atoms with van der Waals surface area (Å²) in [6, 6.07) is 4.10. The van der Waals surface area contributed by atoms with Crippen LogP contribution in [0.3, 0.4) is 0 Å². The van der Waals surface area contributed by atoms with Gasteiger partial charge in [0.1, 0.15) is 0 Å². The summed E-state index contributed by atoms with van der Waals surface area (Å²) < 4.78 is 4.11. The van der Waals surface area contributed by atoms with Crippen LogP contribution in [0.15, 0.2) is 35.2 Å². The van der Waals surface area contributed by atoms with Crippen molar-refractivity contribution in [3.05, 3.63) is 35.7 Å². The summed E-state index contributed by atoms with van der Waals surface area (Å²) >= 11 is 3.41. The third kappa shape index (κ3) is 2.64. The van der Waals surface area contributed by atoms with Crippen LogP contribution < -0.4 is 0 Å². The molecule has 0 aliphatic rings. The Kier molecular flexibility index (Phi) is 3.88. The Morgan fingerprint density at radius 3 is 2.90 bits per heavy atom. The lowest BCUT2D eigenvalue weighted by Crippen LogP contribution is -1.99. The predicted octanol–water partition coefficient (Wildman–Crippen LogP) is 2.61. The highest BCUT2D eigenvalue weighted by Crippen LogP contribution is 2.26. The van der Waals surface area contributed by atoms with Gasteiger partial charge in [0.25, 0.3) is 0 Å². The predicted molar refractivity (Wildman–Crippen MR) is 82.0 cm³/mol. The maximum absolute atomic E-state index is 4.28. The maximum atomic E-state index is 4.28. The quantitative estimate of drug-likeness (QED) is 0.680. The van der Waals surface area contributed by atoms with Crippen molar-refractivity contribution >= 4 is 23.1 Å². The summed E-state index contributed by atoms with van der Waals surface area (Å²) in [4.78, 5) is 5.28. The normalized spacial score (nSPS) is 11.1. The summed E-state index contributed by atoms with van der Waals surface area (Å²) in [5, 5.41) is 11.6. The molecule has 104 valence electrons. The fourth-order valence-corrected chi connectivity index (χ4v) is 3.55. The van der Waals surface area contributed by atoms with Crippen molar-refractivity contribution in [1.29, 1.82) is 0 Å². The Morgan fingerprint density at radius 2 is 2.20 bits per heavy atom. The molecule has 0 N–H and O–H groups in total. The van der Waals surface area contributed by atoms with E-state index < -0.39 is 0 Å². The lowest BCUT2D eigenvalue weighted by molar-refractivity contribution is 0.791. The lowest BCUT2D eigenvalue weighted by Gasteiger charge is -2.03. The zero-order chi connectivity index (χ0) is 13.9. The SMILES string of the molecule is Cn1cncc1CCSc1nnc(-c2cccs2)n1C. The Morgan fingerprint density at radius 1 is 1.30 bits per heavy atom. The van der Waals surface area contributed by atoms with Gasteiger partial charge in [0.15, 0.2) is 11.0 Å². The van der Waals surface area contributed by atoms with Crippen molar-refractivity contribution in [1.82, 2.24) is 24.3 Å². The lowest BCUT2D eigenvalue weighted by atomic mass is 10.4. The summed E-state index contributed by atoms with van der Waals surface area (Å²) in [6.07, 6.45) is 4.72. The van der Waals surface area contributed by atoms with Gasteiger partial charge in [-0.2, -0.15) is 0 Å². The van der Waals surface area contributed by atoms with E-state index in [4.69, 9.17) is 0 Å². The number of hydrogen-bond acceptors (Lipinski definition) is 5. The van der Waals surface area contributed by atoms with Gasteiger partial charge in [0, 0.05) is 31.7 Å². The molecule has 3 heterocycles. The molecule has 0 aromatic carbocycles. The summed E-state index contributed by atoms with van der Waals surface area (Å²) in [5.41, 5.74) is 1.23. The number of aryl methyl sites for hydroxylation is 2. The van der Waals surface area contributed by atoms with Crippen LogP contribution in [0.1, 0.15) is 5.69 Å². The second-order valence-electron chi connectivity index (χ2n) is 4.44. The van der Waals surface area contributed by atoms with Crippen LogP contribution >= 0.6 is 23.1 Å². The van der Waals surface area contributed by atoms with E-state index in [9.17, 15) is 0 Å². The summed E-state index contributed by atoms with van der Waals surface area (Å²) in [7, 11) is 4.03. The van der Waals surface area contributed by atoms with Crippen molar-refractivity contribution in [3.8, 4) is 10.7 Å². The molecule has 0 aliphatic heterocycles. The molecule has 0 saturated carbocycles. The molecule has 0 spiro atoms. The minimum Gasteiger partial charge on any atom is -0.338 e. The van der Waals surface area contributed by atoms with Crippen molar-refractivity contribution in [2.45, 2.75) is 11.6 Å². The van der Waals surface area contributed by atoms with Crippen molar-refractivity contribution in [2.75, 3.05) is 5.75 Å². The number of thioether (sulfide) groups is 1. The highest BCUT2D eigenvalue weighted by Gasteiger charge is 2.11. The van der Waals surface area contributed by atoms with E-state index in [1.165, 1.54) is 5.69 Å². The smallest absolute Gasteiger partial charge is 0.191 e. The van der Waals surface area contributed by atoms with Crippen molar-refractivity contribution in [2.24, 2.45) is 14.1 Å². The number of rotatable bonds is 5. The number of hydrogen-bond donors (Lipinski definition) is 0. The van der Waals surface area contributed by atoms with Gasteiger partial charge in [-0.25, -0.2) is 4.98 Å². The average Bonchev–Trinajstić information content (AvgIpc) is 3.14. The first-order valence-electron chi connectivity index (χ1n) is 6.27. The molecule has 0 fully saturated rings. The van der Waals surface area contributed by atoms with Crippen LogP contribution in [-0.4, -0.2) is 30.1 Å². The van der Waals surface area contributed by atoms with E-state index in [0.717, 1.165) is 28.0 Å². The fourth-order valence-electron chi connectivity index (χ4n) is 1.93. The van der Waals surface area contributed by atoms with Crippen LogP contribution in [0.5, 0.6) is 0 Å². The second kappa shape index (κ2) is 5.80. The summed E-state index contributed by atoms with van der Waals surface area (Å²) in [5.74, 6) is 1.90. The van der Waals surface area contributed by atoms with Crippen molar-refractivity contribution < 1.29 is 0 Å². The first-order chi connectivity index (χ1) is 9.75. The Bertz CT molecular complexity index is 684.